The number of halogens is 1. The first kappa shape index (κ1) is 9.56. The average molecular weight is 210 g/mol. The fourth-order valence-corrected chi connectivity index (χ4v) is 1.89. The second-order valence-electron chi connectivity index (χ2n) is 3.23. The van der Waals surface area contributed by atoms with E-state index in [2.05, 4.69) is 6.07 Å². The van der Waals surface area contributed by atoms with Crippen LogP contribution in [0.2, 0.25) is 5.02 Å². The molecular formula is C11H12ClNO. The van der Waals surface area contributed by atoms with E-state index in [1.165, 1.54) is 5.56 Å². The molecular weight excluding hydrogens is 198 g/mol. The Hall–Kier alpha value is -0.990. The zero-order chi connectivity index (χ0) is 9.97. The topological polar surface area (TPSA) is 35.2 Å². The fraction of sp³-hybridized carbons (Fsp3) is 0.273. The van der Waals surface area contributed by atoms with E-state index in [-0.39, 0.29) is 0 Å². The number of nitrogens with two attached hydrogens (primary N) is 1. The quantitative estimate of drug-likeness (QED) is 0.811. The lowest BCUT2D eigenvalue weighted by Gasteiger charge is -2.03. The van der Waals surface area contributed by atoms with Gasteiger partial charge in [-0.25, -0.2) is 0 Å². The molecule has 2 N–H and O–H groups in total. The van der Waals surface area contributed by atoms with Crippen LogP contribution < -0.4 is 10.5 Å². The molecule has 0 atom stereocenters. The number of benzene rings is 1. The Morgan fingerprint density at radius 3 is 3.14 bits per heavy atom. The third-order valence-electron chi connectivity index (χ3n) is 2.21. The molecule has 1 aromatic rings. The van der Waals surface area contributed by atoms with Crippen LogP contribution in [-0.4, -0.2) is 13.2 Å². The van der Waals surface area contributed by atoms with Crippen molar-refractivity contribution in [3.8, 4) is 5.75 Å². The van der Waals surface area contributed by atoms with Crippen molar-refractivity contribution in [2.45, 2.75) is 6.42 Å². The summed E-state index contributed by atoms with van der Waals surface area (Å²) in [6.07, 6.45) is 4.83. The summed E-state index contributed by atoms with van der Waals surface area (Å²) in [6.45, 7) is 1.28. The van der Waals surface area contributed by atoms with Crippen LogP contribution in [0.15, 0.2) is 18.2 Å². The summed E-state index contributed by atoms with van der Waals surface area (Å²) in [5.74, 6) is 0.844. The van der Waals surface area contributed by atoms with E-state index >= 15 is 0 Å². The molecule has 2 nitrogen and oxygen atoms in total. The first-order chi connectivity index (χ1) is 6.81. The van der Waals surface area contributed by atoms with Gasteiger partial charge in [-0.05, 0) is 23.3 Å². The van der Waals surface area contributed by atoms with E-state index in [9.17, 15) is 0 Å². The Morgan fingerprint density at radius 1 is 1.50 bits per heavy atom. The number of ether oxygens (including phenoxy) is 1. The number of fused-ring (bicyclic) bond motifs is 1. The van der Waals surface area contributed by atoms with Crippen molar-refractivity contribution in [3.05, 3.63) is 34.4 Å². The van der Waals surface area contributed by atoms with E-state index in [1.807, 2.05) is 18.2 Å². The van der Waals surface area contributed by atoms with Crippen molar-refractivity contribution in [1.29, 1.82) is 0 Å². The molecule has 0 fully saturated rings. The molecule has 0 aromatic heterocycles. The molecule has 0 radical (unpaired) electrons. The monoisotopic (exact) mass is 209 g/mol. The lowest BCUT2D eigenvalue weighted by Crippen LogP contribution is -1.92. The van der Waals surface area contributed by atoms with Crippen molar-refractivity contribution in [1.82, 2.24) is 0 Å². The van der Waals surface area contributed by atoms with Gasteiger partial charge in [0.05, 0.1) is 11.6 Å². The third-order valence-corrected chi connectivity index (χ3v) is 2.49. The highest BCUT2D eigenvalue weighted by molar-refractivity contribution is 6.32. The second kappa shape index (κ2) is 4.03. The van der Waals surface area contributed by atoms with Crippen molar-refractivity contribution in [2.75, 3.05) is 13.2 Å². The van der Waals surface area contributed by atoms with Gasteiger partial charge in [0, 0.05) is 13.0 Å². The molecule has 0 saturated heterocycles. The Bertz CT molecular complexity index is 374. The van der Waals surface area contributed by atoms with Gasteiger partial charge in [-0.3, -0.25) is 0 Å². The van der Waals surface area contributed by atoms with Crippen LogP contribution in [0.4, 0.5) is 0 Å². The average Bonchev–Trinajstić information content (AvgIpc) is 2.63. The van der Waals surface area contributed by atoms with Gasteiger partial charge in [-0.1, -0.05) is 23.8 Å². The summed E-state index contributed by atoms with van der Waals surface area (Å²) in [5.41, 5.74) is 7.66. The maximum absolute atomic E-state index is 6.06. The molecule has 0 amide bonds. The summed E-state index contributed by atoms with van der Waals surface area (Å²) in [5, 5.41) is 0.691. The highest BCUT2D eigenvalue weighted by atomic mass is 35.5. The lowest BCUT2D eigenvalue weighted by atomic mass is 10.1. The molecule has 3 heteroatoms. The van der Waals surface area contributed by atoms with Crippen molar-refractivity contribution >= 4 is 17.7 Å². The molecule has 0 unspecified atom stereocenters. The van der Waals surface area contributed by atoms with Crippen LogP contribution in [0.25, 0.3) is 6.08 Å². The molecule has 1 aliphatic heterocycles. The summed E-state index contributed by atoms with van der Waals surface area (Å²) >= 11 is 6.06. The van der Waals surface area contributed by atoms with E-state index in [4.69, 9.17) is 22.1 Å². The van der Waals surface area contributed by atoms with Gasteiger partial charge in [0.25, 0.3) is 0 Å². The Labute approximate surface area is 88.3 Å². The predicted molar refractivity (Wildman–Crippen MR) is 58.7 cm³/mol. The first-order valence-corrected chi connectivity index (χ1v) is 5.01. The fourth-order valence-electron chi connectivity index (χ4n) is 1.58. The molecule has 0 saturated carbocycles. The summed E-state index contributed by atoms with van der Waals surface area (Å²) < 4.78 is 5.41. The highest BCUT2D eigenvalue weighted by Crippen LogP contribution is 2.34. The third kappa shape index (κ3) is 1.76. The molecule has 1 aliphatic rings. The zero-order valence-corrected chi connectivity index (χ0v) is 8.55. The SMILES string of the molecule is NC/C=C/c1cc(Cl)c2c(c1)CCO2. The smallest absolute Gasteiger partial charge is 0.141 e. The molecule has 1 aromatic carbocycles. The van der Waals surface area contributed by atoms with Crippen LogP contribution in [0.5, 0.6) is 5.75 Å². The number of rotatable bonds is 2. The van der Waals surface area contributed by atoms with Crippen molar-refractivity contribution < 1.29 is 4.74 Å². The van der Waals surface area contributed by atoms with Gasteiger partial charge < -0.3 is 10.5 Å². The molecule has 0 spiro atoms. The zero-order valence-electron chi connectivity index (χ0n) is 7.79. The van der Waals surface area contributed by atoms with Crippen LogP contribution >= 0.6 is 11.6 Å². The largest absolute Gasteiger partial charge is 0.491 e. The van der Waals surface area contributed by atoms with E-state index in [0.717, 1.165) is 24.3 Å². The summed E-state index contributed by atoms with van der Waals surface area (Å²) in [7, 11) is 0. The van der Waals surface area contributed by atoms with E-state index < -0.39 is 0 Å². The number of hydrogen-bond acceptors (Lipinski definition) is 2. The summed E-state index contributed by atoms with van der Waals surface area (Å²) in [4.78, 5) is 0. The van der Waals surface area contributed by atoms with E-state index in [1.54, 1.807) is 0 Å². The maximum atomic E-state index is 6.06. The molecule has 0 aliphatic carbocycles. The highest BCUT2D eigenvalue weighted by Gasteiger charge is 2.15. The normalized spacial score (nSPS) is 14.4. The first-order valence-electron chi connectivity index (χ1n) is 4.63. The van der Waals surface area contributed by atoms with Gasteiger partial charge in [0.2, 0.25) is 0 Å². The molecule has 2 rings (SSSR count). The number of hydrogen-bond donors (Lipinski definition) is 1. The standard InChI is InChI=1S/C11H12ClNO/c12-10-7-8(2-1-4-13)6-9-3-5-14-11(9)10/h1-2,6-7H,3-5,13H2/b2-1+. The van der Waals surface area contributed by atoms with Gasteiger partial charge in [-0.15, -0.1) is 0 Å². The van der Waals surface area contributed by atoms with Gasteiger partial charge in [0.1, 0.15) is 5.75 Å². The minimum Gasteiger partial charge on any atom is -0.491 e. The Kier molecular flexibility index (Phi) is 2.75. The van der Waals surface area contributed by atoms with Crippen LogP contribution in [0.3, 0.4) is 0 Å². The molecule has 0 bridgehead atoms. The maximum Gasteiger partial charge on any atom is 0.141 e. The second-order valence-corrected chi connectivity index (χ2v) is 3.63. The van der Waals surface area contributed by atoms with Crippen LogP contribution in [0, 0.1) is 0 Å². The van der Waals surface area contributed by atoms with Crippen LogP contribution in [-0.2, 0) is 6.42 Å². The van der Waals surface area contributed by atoms with Crippen LogP contribution in [0.1, 0.15) is 11.1 Å². The Balaban J connectivity index is 2.37. The minimum absolute atomic E-state index is 0.547. The van der Waals surface area contributed by atoms with Gasteiger partial charge >= 0.3 is 0 Å². The Morgan fingerprint density at radius 2 is 2.36 bits per heavy atom. The summed E-state index contributed by atoms with van der Waals surface area (Å²) in [6, 6.07) is 4.00. The van der Waals surface area contributed by atoms with Crippen molar-refractivity contribution in [2.24, 2.45) is 5.73 Å². The molecule has 1 heterocycles. The van der Waals surface area contributed by atoms with E-state index in [0.29, 0.717) is 11.6 Å². The van der Waals surface area contributed by atoms with Gasteiger partial charge in [-0.2, -0.15) is 0 Å². The molecule has 74 valence electrons. The molecule has 14 heavy (non-hydrogen) atoms. The van der Waals surface area contributed by atoms with Gasteiger partial charge in [0.15, 0.2) is 0 Å². The van der Waals surface area contributed by atoms with Crippen molar-refractivity contribution in [3.63, 3.8) is 0 Å². The minimum atomic E-state index is 0.547. The predicted octanol–water partition coefficient (Wildman–Crippen LogP) is 2.25. The lowest BCUT2D eigenvalue weighted by molar-refractivity contribution is 0.357.